The fourth-order valence-electron chi connectivity index (χ4n) is 3.63. The summed E-state index contributed by atoms with van der Waals surface area (Å²) in [5.41, 5.74) is 5.65. The van der Waals surface area contributed by atoms with Gasteiger partial charge in [-0.2, -0.15) is 0 Å². The molecule has 142 valence electrons. The molecule has 4 rings (SSSR count). The second-order valence-corrected chi connectivity index (χ2v) is 8.61. The van der Waals surface area contributed by atoms with Crippen molar-refractivity contribution in [1.82, 2.24) is 9.97 Å². The van der Waals surface area contributed by atoms with Gasteiger partial charge < -0.3 is 4.98 Å². The van der Waals surface area contributed by atoms with Crippen LogP contribution in [0.15, 0.2) is 60.8 Å². The normalized spacial score (nSPS) is 12.6. The van der Waals surface area contributed by atoms with Crippen molar-refractivity contribution in [3.8, 4) is 10.6 Å². The van der Waals surface area contributed by atoms with Crippen LogP contribution in [0.4, 0.5) is 0 Å². The first kappa shape index (κ1) is 18.6. The standard InChI is InChI=1S/C24H24N2OS/c1-15(2)18-9-10-21-22(14-18)28-24(26-21)19-11-12-25-23(19)20(13-16(3)27)17-7-5-4-6-8-17/h4-12,14-15,20,25H,13H2,1-3H3. The van der Waals surface area contributed by atoms with E-state index in [1.807, 2.05) is 24.4 Å². The lowest BCUT2D eigenvalue weighted by Crippen LogP contribution is -2.07. The van der Waals surface area contributed by atoms with Crippen molar-refractivity contribution in [1.29, 1.82) is 0 Å². The first-order valence-corrected chi connectivity index (χ1v) is 10.5. The van der Waals surface area contributed by atoms with Gasteiger partial charge in [-0.15, -0.1) is 11.3 Å². The highest BCUT2D eigenvalue weighted by molar-refractivity contribution is 7.21. The monoisotopic (exact) mass is 388 g/mol. The molecule has 0 saturated carbocycles. The molecule has 0 aliphatic rings. The molecule has 1 N–H and O–H groups in total. The zero-order chi connectivity index (χ0) is 19.7. The molecular formula is C24H24N2OS. The summed E-state index contributed by atoms with van der Waals surface area (Å²) < 4.78 is 1.20. The van der Waals surface area contributed by atoms with Crippen molar-refractivity contribution in [2.24, 2.45) is 0 Å². The van der Waals surface area contributed by atoms with E-state index in [9.17, 15) is 4.79 Å². The molecule has 0 aliphatic carbocycles. The molecule has 0 amide bonds. The fraction of sp³-hybridized carbons (Fsp3) is 0.250. The van der Waals surface area contributed by atoms with E-state index < -0.39 is 0 Å². The molecule has 1 atom stereocenters. The highest BCUT2D eigenvalue weighted by Crippen LogP contribution is 2.38. The van der Waals surface area contributed by atoms with Gasteiger partial charge in [-0.05, 0) is 42.2 Å². The van der Waals surface area contributed by atoms with Crippen LogP contribution in [-0.2, 0) is 4.79 Å². The van der Waals surface area contributed by atoms with Crippen molar-refractivity contribution in [2.75, 3.05) is 0 Å². The van der Waals surface area contributed by atoms with Gasteiger partial charge in [-0.1, -0.05) is 50.2 Å². The van der Waals surface area contributed by atoms with E-state index >= 15 is 0 Å². The Balaban J connectivity index is 1.79. The number of aromatic nitrogens is 2. The van der Waals surface area contributed by atoms with Gasteiger partial charge >= 0.3 is 0 Å². The molecule has 1 unspecified atom stereocenters. The van der Waals surface area contributed by atoms with Gasteiger partial charge in [-0.25, -0.2) is 4.98 Å². The van der Waals surface area contributed by atoms with Crippen LogP contribution in [0.1, 0.15) is 55.8 Å². The topological polar surface area (TPSA) is 45.8 Å². The molecular weight excluding hydrogens is 364 g/mol. The van der Waals surface area contributed by atoms with Crippen LogP contribution in [0.5, 0.6) is 0 Å². The summed E-state index contributed by atoms with van der Waals surface area (Å²) >= 11 is 1.72. The summed E-state index contributed by atoms with van der Waals surface area (Å²) in [4.78, 5) is 20.3. The SMILES string of the molecule is CC(=O)CC(c1ccccc1)c1[nH]ccc1-c1nc2ccc(C(C)C)cc2s1. The number of hydrogen-bond acceptors (Lipinski definition) is 3. The number of nitrogens with one attached hydrogen (secondary N) is 1. The first-order valence-electron chi connectivity index (χ1n) is 9.65. The Hall–Kier alpha value is -2.72. The predicted molar refractivity (Wildman–Crippen MR) is 117 cm³/mol. The zero-order valence-corrected chi connectivity index (χ0v) is 17.2. The number of thiazole rings is 1. The Kier molecular flexibility index (Phi) is 5.14. The third-order valence-corrected chi connectivity index (χ3v) is 6.18. The second-order valence-electron chi connectivity index (χ2n) is 7.58. The first-order chi connectivity index (χ1) is 13.5. The number of benzene rings is 2. The third kappa shape index (κ3) is 3.65. The Morgan fingerprint density at radius 1 is 1.07 bits per heavy atom. The second kappa shape index (κ2) is 7.72. The minimum absolute atomic E-state index is 0.00179. The molecule has 0 spiro atoms. The van der Waals surface area contributed by atoms with E-state index in [0.717, 1.165) is 27.3 Å². The van der Waals surface area contributed by atoms with Gasteiger partial charge in [0.2, 0.25) is 0 Å². The Morgan fingerprint density at radius 3 is 2.57 bits per heavy atom. The van der Waals surface area contributed by atoms with Gasteiger partial charge in [0.1, 0.15) is 10.8 Å². The van der Waals surface area contributed by atoms with Crippen molar-refractivity contribution in [2.45, 2.75) is 39.0 Å². The third-order valence-electron chi connectivity index (χ3n) is 5.13. The largest absolute Gasteiger partial charge is 0.364 e. The minimum Gasteiger partial charge on any atom is -0.364 e. The number of carbonyl (C=O) groups is 1. The summed E-state index contributed by atoms with van der Waals surface area (Å²) in [5.74, 6) is 0.679. The van der Waals surface area contributed by atoms with Crippen LogP contribution in [0.25, 0.3) is 20.8 Å². The van der Waals surface area contributed by atoms with E-state index in [1.165, 1.54) is 10.3 Å². The number of ketones is 1. The molecule has 4 aromatic rings. The fourth-order valence-corrected chi connectivity index (χ4v) is 4.69. The van der Waals surface area contributed by atoms with Crippen LogP contribution in [0.2, 0.25) is 0 Å². The lowest BCUT2D eigenvalue weighted by molar-refractivity contribution is -0.117. The highest BCUT2D eigenvalue weighted by Gasteiger charge is 2.22. The zero-order valence-electron chi connectivity index (χ0n) is 16.4. The molecule has 0 bridgehead atoms. The number of hydrogen-bond donors (Lipinski definition) is 1. The predicted octanol–water partition coefficient (Wildman–Crippen LogP) is 6.53. The Morgan fingerprint density at radius 2 is 1.86 bits per heavy atom. The van der Waals surface area contributed by atoms with Crippen molar-refractivity contribution < 1.29 is 4.79 Å². The number of H-pyrrole nitrogens is 1. The van der Waals surface area contributed by atoms with Gasteiger partial charge in [0.15, 0.2) is 0 Å². The molecule has 2 aromatic heterocycles. The molecule has 0 saturated heterocycles. The van der Waals surface area contributed by atoms with E-state index in [0.29, 0.717) is 12.3 Å². The van der Waals surface area contributed by atoms with Gasteiger partial charge in [0.25, 0.3) is 0 Å². The lowest BCUT2D eigenvalue weighted by Gasteiger charge is -2.16. The maximum Gasteiger partial charge on any atom is 0.130 e. The molecule has 2 aromatic carbocycles. The van der Waals surface area contributed by atoms with Gasteiger partial charge in [0.05, 0.1) is 10.2 Å². The highest BCUT2D eigenvalue weighted by atomic mass is 32.1. The van der Waals surface area contributed by atoms with Crippen LogP contribution in [0, 0.1) is 0 Å². The molecule has 0 radical (unpaired) electrons. The molecule has 2 heterocycles. The maximum atomic E-state index is 12.0. The van der Waals surface area contributed by atoms with E-state index in [-0.39, 0.29) is 11.7 Å². The molecule has 28 heavy (non-hydrogen) atoms. The molecule has 0 fully saturated rings. The van der Waals surface area contributed by atoms with Crippen molar-refractivity contribution >= 4 is 27.3 Å². The summed E-state index contributed by atoms with van der Waals surface area (Å²) in [6.45, 7) is 6.07. The minimum atomic E-state index is 0.00179. The quantitative estimate of drug-likeness (QED) is 0.408. The Labute approximate surface area is 169 Å². The van der Waals surface area contributed by atoms with Crippen LogP contribution >= 0.6 is 11.3 Å². The average molecular weight is 389 g/mol. The number of carbonyl (C=O) groups excluding carboxylic acids is 1. The van der Waals surface area contributed by atoms with Crippen LogP contribution in [0.3, 0.4) is 0 Å². The summed E-state index contributed by atoms with van der Waals surface area (Å²) in [6, 6.07) is 18.8. The number of fused-ring (bicyclic) bond motifs is 1. The maximum absolute atomic E-state index is 12.0. The van der Waals surface area contributed by atoms with E-state index in [1.54, 1.807) is 18.3 Å². The van der Waals surface area contributed by atoms with Crippen LogP contribution < -0.4 is 0 Å². The molecule has 4 heteroatoms. The smallest absolute Gasteiger partial charge is 0.130 e. The molecule has 0 aliphatic heterocycles. The summed E-state index contributed by atoms with van der Waals surface area (Å²) in [7, 11) is 0. The lowest BCUT2D eigenvalue weighted by atomic mass is 9.89. The average Bonchev–Trinajstić information content (AvgIpc) is 3.32. The van der Waals surface area contributed by atoms with Crippen molar-refractivity contribution in [3.05, 3.63) is 77.6 Å². The number of Topliss-reactive ketones (excluding diaryl/α,β-unsaturated/α-hetero) is 1. The van der Waals surface area contributed by atoms with E-state index in [2.05, 4.69) is 55.2 Å². The van der Waals surface area contributed by atoms with Crippen molar-refractivity contribution in [3.63, 3.8) is 0 Å². The van der Waals surface area contributed by atoms with Gasteiger partial charge in [-0.3, -0.25) is 4.79 Å². The number of rotatable bonds is 6. The summed E-state index contributed by atoms with van der Waals surface area (Å²) in [6.07, 6.45) is 2.42. The number of nitrogens with zero attached hydrogens (tertiary/aromatic N) is 1. The van der Waals surface area contributed by atoms with E-state index in [4.69, 9.17) is 4.98 Å². The Bertz CT molecular complexity index is 1110. The summed E-state index contributed by atoms with van der Waals surface area (Å²) in [5, 5.41) is 0.997. The van der Waals surface area contributed by atoms with Gasteiger partial charge in [0, 0.05) is 29.8 Å². The molecule has 3 nitrogen and oxygen atoms in total. The van der Waals surface area contributed by atoms with Crippen LogP contribution in [-0.4, -0.2) is 15.8 Å². The number of aromatic amines is 1.